The Labute approximate surface area is 89.0 Å². The van der Waals surface area contributed by atoms with E-state index in [-0.39, 0.29) is 11.2 Å². The second kappa shape index (κ2) is 3.16. The fourth-order valence-electron chi connectivity index (χ4n) is 2.55. The molecular formula is C13H14FN. The molecule has 1 aliphatic heterocycles. The van der Waals surface area contributed by atoms with Gasteiger partial charge < -0.3 is 0 Å². The second-order valence-corrected chi connectivity index (χ2v) is 4.66. The fraction of sp³-hybridized carbons (Fsp3) is 0.462. The molecule has 1 saturated carbocycles. The molecular weight excluding hydrogens is 189 g/mol. The van der Waals surface area contributed by atoms with Crippen molar-refractivity contribution in [3.63, 3.8) is 0 Å². The first-order valence-electron chi connectivity index (χ1n) is 5.57. The van der Waals surface area contributed by atoms with Crippen LogP contribution in [0.4, 0.5) is 4.39 Å². The van der Waals surface area contributed by atoms with Gasteiger partial charge in [-0.15, -0.1) is 0 Å². The van der Waals surface area contributed by atoms with Crippen molar-refractivity contribution in [3.8, 4) is 0 Å². The van der Waals surface area contributed by atoms with Crippen molar-refractivity contribution < 1.29 is 4.39 Å². The van der Waals surface area contributed by atoms with Gasteiger partial charge in [-0.3, -0.25) is 4.99 Å². The number of hydrogen-bond donors (Lipinski definition) is 0. The Morgan fingerprint density at radius 1 is 1.27 bits per heavy atom. The second-order valence-electron chi connectivity index (χ2n) is 4.66. The van der Waals surface area contributed by atoms with Crippen LogP contribution in [0.5, 0.6) is 0 Å². The van der Waals surface area contributed by atoms with Crippen LogP contribution in [0.15, 0.2) is 29.3 Å². The molecule has 0 amide bonds. The maximum Gasteiger partial charge on any atom is 0.126 e. The van der Waals surface area contributed by atoms with Crippen molar-refractivity contribution in [2.45, 2.75) is 25.7 Å². The Bertz CT molecular complexity index is 418. The first kappa shape index (κ1) is 9.08. The van der Waals surface area contributed by atoms with E-state index < -0.39 is 0 Å². The van der Waals surface area contributed by atoms with Crippen LogP contribution in [0.1, 0.15) is 24.8 Å². The molecule has 0 saturated heterocycles. The topological polar surface area (TPSA) is 12.4 Å². The third kappa shape index (κ3) is 1.48. The maximum absolute atomic E-state index is 13.5. The molecule has 15 heavy (non-hydrogen) atoms. The van der Waals surface area contributed by atoms with E-state index >= 15 is 0 Å². The molecule has 1 fully saturated rings. The van der Waals surface area contributed by atoms with Gasteiger partial charge in [0, 0.05) is 11.1 Å². The van der Waals surface area contributed by atoms with Gasteiger partial charge in [-0.05, 0) is 30.9 Å². The zero-order chi connectivity index (χ0) is 10.3. The lowest BCUT2D eigenvalue weighted by atomic mass is 9.63. The maximum atomic E-state index is 13.5. The fourth-order valence-corrected chi connectivity index (χ4v) is 2.55. The van der Waals surface area contributed by atoms with E-state index in [1.54, 1.807) is 12.1 Å². The Morgan fingerprint density at radius 2 is 2.00 bits per heavy atom. The zero-order valence-electron chi connectivity index (χ0n) is 8.67. The van der Waals surface area contributed by atoms with Gasteiger partial charge >= 0.3 is 0 Å². The Kier molecular flexibility index (Phi) is 1.91. The average molecular weight is 203 g/mol. The highest BCUT2D eigenvalue weighted by molar-refractivity contribution is 6.02. The Hall–Kier alpha value is -1.18. The van der Waals surface area contributed by atoms with Gasteiger partial charge in [0.25, 0.3) is 0 Å². The van der Waals surface area contributed by atoms with E-state index in [9.17, 15) is 4.39 Å². The van der Waals surface area contributed by atoms with Gasteiger partial charge in [-0.25, -0.2) is 4.39 Å². The largest absolute Gasteiger partial charge is 0.286 e. The monoisotopic (exact) mass is 203 g/mol. The number of halogens is 1. The van der Waals surface area contributed by atoms with Crippen LogP contribution >= 0.6 is 0 Å². The SMILES string of the molecule is Fc1ccccc1CC1(C2=NC2)CCC1. The molecule has 1 nitrogen and oxygen atoms in total. The average Bonchev–Trinajstić information content (AvgIpc) is 2.98. The first-order valence-corrected chi connectivity index (χ1v) is 5.57. The number of hydrogen-bond acceptors (Lipinski definition) is 1. The molecule has 2 aliphatic rings. The minimum absolute atomic E-state index is 0.0648. The number of rotatable bonds is 3. The van der Waals surface area contributed by atoms with Crippen molar-refractivity contribution in [2.24, 2.45) is 10.4 Å². The van der Waals surface area contributed by atoms with E-state index in [2.05, 4.69) is 4.99 Å². The number of aliphatic imine (C=N–C) groups is 1. The van der Waals surface area contributed by atoms with Gasteiger partial charge in [-0.1, -0.05) is 24.6 Å². The van der Waals surface area contributed by atoms with Crippen molar-refractivity contribution >= 4 is 5.71 Å². The quantitative estimate of drug-likeness (QED) is 0.716. The summed E-state index contributed by atoms with van der Waals surface area (Å²) < 4.78 is 13.5. The zero-order valence-corrected chi connectivity index (χ0v) is 8.67. The summed E-state index contributed by atoms with van der Waals surface area (Å²) in [7, 11) is 0. The molecule has 0 spiro atoms. The number of benzene rings is 1. The normalized spacial score (nSPS) is 21.8. The summed E-state index contributed by atoms with van der Waals surface area (Å²) >= 11 is 0. The van der Waals surface area contributed by atoms with Crippen LogP contribution in [-0.2, 0) is 6.42 Å². The summed E-state index contributed by atoms with van der Waals surface area (Å²) in [5, 5.41) is 0. The van der Waals surface area contributed by atoms with Crippen LogP contribution < -0.4 is 0 Å². The molecule has 0 radical (unpaired) electrons. The molecule has 0 aromatic heterocycles. The summed E-state index contributed by atoms with van der Waals surface area (Å²) in [5.41, 5.74) is 2.42. The van der Waals surface area contributed by atoms with Crippen molar-refractivity contribution in [1.82, 2.24) is 0 Å². The van der Waals surface area contributed by atoms with Crippen LogP contribution in [-0.4, -0.2) is 12.3 Å². The van der Waals surface area contributed by atoms with E-state index in [4.69, 9.17) is 0 Å². The van der Waals surface area contributed by atoms with E-state index in [0.717, 1.165) is 18.5 Å². The van der Waals surface area contributed by atoms with Gasteiger partial charge in [0.2, 0.25) is 0 Å². The molecule has 2 heteroatoms. The molecule has 0 atom stereocenters. The van der Waals surface area contributed by atoms with Crippen molar-refractivity contribution in [3.05, 3.63) is 35.6 Å². The Morgan fingerprint density at radius 3 is 2.53 bits per heavy atom. The van der Waals surface area contributed by atoms with E-state index in [1.807, 2.05) is 12.1 Å². The third-order valence-electron chi connectivity index (χ3n) is 3.73. The molecule has 1 aromatic carbocycles. The minimum Gasteiger partial charge on any atom is -0.286 e. The first-order chi connectivity index (χ1) is 7.30. The molecule has 1 heterocycles. The summed E-state index contributed by atoms with van der Waals surface area (Å²) in [6, 6.07) is 7.12. The standard InChI is InChI=1S/C13H14FN/c14-11-5-2-1-4-10(11)8-13(6-3-7-13)12-9-15-12/h1-2,4-5H,3,6-9H2. The van der Waals surface area contributed by atoms with E-state index in [1.165, 1.54) is 25.0 Å². The van der Waals surface area contributed by atoms with Crippen LogP contribution in [0.3, 0.4) is 0 Å². The Balaban J connectivity index is 1.85. The van der Waals surface area contributed by atoms with Crippen molar-refractivity contribution in [2.75, 3.05) is 6.54 Å². The summed E-state index contributed by atoms with van der Waals surface area (Å²) in [6.45, 7) is 0.925. The van der Waals surface area contributed by atoms with Gasteiger partial charge in [0.1, 0.15) is 5.82 Å². The molecule has 0 unspecified atom stereocenters. The highest BCUT2D eigenvalue weighted by Gasteiger charge is 2.45. The van der Waals surface area contributed by atoms with Crippen LogP contribution in [0.25, 0.3) is 0 Å². The predicted octanol–water partition coefficient (Wildman–Crippen LogP) is 2.99. The highest BCUT2D eigenvalue weighted by atomic mass is 19.1. The molecule has 78 valence electrons. The van der Waals surface area contributed by atoms with Crippen molar-refractivity contribution in [1.29, 1.82) is 0 Å². The lowest BCUT2D eigenvalue weighted by Crippen LogP contribution is -2.36. The molecule has 1 aromatic rings. The van der Waals surface area contributed by atoms with Gasteiger partial charge in [0.15, 0.2) is 0 Å². The summed E-state index contributed by atoms with van der Waals surface area (Å²) in [5.74, 6) is -0.0648. The smallest absolute Gasteiger partial charge is 0.126 e. The van der Waals surface area contributed by atoms with Gasteiger partial charge in [0.05, 0.1) is 6.54 Å². The molecule has 3 rings (SSSR count). The van der Waals surface area contributed by atoms with Crippen LogP contribution in [0, 0.1) is 11.2 Å². The predicted molar refractivity (Wildman–Crippen MR) is 58.7 cm³/mol. The molecule has 0 N–H and O–H groups in total. The summed E-state index contributed by atoms with van der Waals surface area (Å²) in [6.07, 6.45) is 4.51. The third-order valence-corrected chi connectivity index (χ3v) is 3.73. The van der Waals surface area contributed by atoms with E-state index in [0.29, 0.717) is 0 Å². The lowest BCUT2D eigenvalue weighted by Gasteiger charge is -2.39. The van der Waals surface area contributed by atoms with Gasteiger partial charge in [-0.2, -0.15) is 0 Å². The molecule has 0 bridgehead atoms. The minimum atomic E-state index is -0.0648. The number of nitrogens with zero attached hydrogens (tertiary/aromatic N) is 1. The lowest BCUT2D eigenvalue weighted by molar-refractivity contribution is 0.233. The summed E-state index contributed by atoms with van der Waals surface area (Å²) in [4.78, 5) is 4.32. The van der Waals surface area contributed by atoms with Crippen LogP contribution in [0.2, 0.25) is 0 Å². The molecule has 1 aliphatic carbocycles. The highest BCUT2D eigenvalue weighted by Crippen LogP contribution is 2.47.